The minimum Gasteiger partial charge on any atom is -0.358 e. The molecule has 1 aromatic carbocycles. The number of pyridine rings is 3. The van der Waals surface area contributed by atoms with Crippen molar-refractivity contribution in [3.63, 3.8) is 0 Å². The number of hydrogen-bond acceptors (Lipinski definition) is 6. The summed E-state index contributed by atoms with van der Waals surface area (Å²) in [6.45, 7) is 4.28. The topological polar surface area (TPSA) is 108 Å². The van der Waals surface area contributed by atoms with Gasteiger partial charge in [0.15, 0.2) is 5.82 Å². The molecule has 0 spiro atoms. The van der Waals surface area contributed by atoms with Crippen LogP contribution < -0.4 is 5.32 Å². The van der Waals surface area contributed by atoms with Crippen LogP contribution in [0.2, 0.25) is 0 Å². The Morgan fingerprint density at radius 2 is 1.84 bits per heavy atom. The molecule has 38 heavy (non-hydrogen) atoms. The maximum Gasteiger partial charge on any atom is 0.159 e. The standard InChI is InChI=1S/C30H26N8/c1-18(19-7-2-3-8-19)34-21-13-20(15-31-16-21)26-14-23-27(17-33-26)37-38-29(23)30-35-25-11-6-9-22(28(25)36-30)24-10-4-5-12-32-24/h4-6,9-17,19,34H,1-3,7-8H2,(H,35,36)(H,37,38). The molecule has 5 heterocycles. The van der Waals surface area contributed by atoms with Crippen LogP contribution in [0, 0.1) is 5.92 Å². The third-order valence-electron chi connectivity index (χ3n) is 7.31. The molecular formula is C30H26N8. The Kier molecular flexibility index (Phi) is 5.43. The smallest absolute Gasteiger partial charge is 0.159 e. The second-order valence-corrected chi connectivity index (χ2v) is 9.78. The maximum atomic E-state index is 4.94. The molecule has 0 atom stereocenters. The van der Waals surface area contributed by atoms with Crippen LogP contribution >= 0.6 is 0 Å². The molecule has 5 aromatic heterocycles. The van der Waals surface area contributed by atoms with E-state index in [4.69, 9.17) is 4.98 Å². The number of aromatic amines is 2. The fourth-order valence-electron chi connectivity index (χ4n) is 5.34. The fraction of sp³-hybridized carbons (Fsp3) is 0.167. The van der Waals surface area contributed by atoms with E-state index in [0.717, 1.165) is 61.5 Å². The summed E-state index contributed by atoms with van der Waals surface area (Å²) in [5.41, 5.74) is 8.95. The summed E-state index contributed by atoms with van der Waals surface area (Å²) in [7, 11) is 0. The molecule has 0 radical (unpaired) electrons. The predicted molar refractivity (Wildman–Crippen MR) is 150 cm³/mol. The van der Waals surface area contributed by atoms with Gasteiger partial charge < -0.3 is 10.3 Å². The van der Waals surface area contributed by atoms with Gasteiger partial charge in [0.1, 0.15) is 5.69 Å². The summed E-state index contributed by atoms with van der Waals surface area (Å²) >= 11 is 0. The van der Waals surface area contributed by atoms with Crippen molar-refractivity contribution < 1.29 is 0 Å². The van der Waals surface area contributed by atoms with E-state index in [-0.39, 0.29) is 0 Å². The Balaban J connectivity index is 1.25. The van der Waals surface area contributed by atoms with Crippen molar-refractivity contribution in [2.24, 2.45) is 5.92 Å². The number of nitrogens with one attached hydrogen (secondary N) is 3. The lowest BCUT2D eigenvalue weighted by molar-refractivity contribution is 0.649. The first-order valence-electron chi connectivity index (χ1n) is 12.9. The highest BCUT2D eigenvalue weighted by Gasteiger charge is 2.19. The van der Waals surface area contributed by atoms with Crippen molar-refractivity contribution in [3.8, 4) is 34.0 Å². The van der Waals surface area contributed by atoms with E-state index in [0.29, 0.717) is 11.7 Å². The van der Waals surface area contributed by atoms with Gasteiger partial charge in [0.2, 0.25) is 0 Å². The Morgan fingerprint density at radius 1 is 0.921 bits per heavy atom. The minimum absolute atomic E-state index is 0.531. The Morgan fingerprint density at radius 3 is 2.71 bits per heavy atom. The summed E-state index contributed by atoms with van der Waals surface area (Å²) in [5.74, 6) is 1.22. The summed E-state index contributed by atoms with van der Waals surface area (Å²) in [6.07, 6.45) is 12.2. The first-order valence-corrected chi connectivity index (χ1v) is 12.9. The lowest BCUT2D eigenvalue weighted by atomic mass is 10.0. The quantitative estimate of drug-likeness (QED) is 0.235. The summed E-state index contributed by atoms with van der Waals surface area (Å²) in [6, 6.07) is 16.1. The summed E-state index contributed by atoms with van der Waals surface area (Å²) < 4.78 is 0. The first-order chi connectivity index (χ1) is 18.7. The van der Waals surface area contributed by atoms with Gasteiger partial charge in [0.05, 0.1) is 46.0 Å². The van der Waals surface area contributed by atoms with Gasteiger partial charge in [0.25, 0.3) is 0 Å². The molecule has 8 heteroatoms. The van der Waals surface area contributed by atoms with Crippen LogP contribution in [0.5, 0.6) is 0 Å². The first kappa shape index (κ1) is 22.4. The van der Waals surface area contributed by atoms with Crippen molar-refractivity contribution in [1.82, 2.24) is 35.1 Å². The number of nitrogens with zero attached hydrogens (tertiary/aromatic N) is 5. The van der Waals surface area contributed by atoms with E-state index >= 15 is 0 Å². The van der Waals surface area contributed by atoms with Crippen LogP contribution in [0.3, 0.4) is 0 Å². The molecule has 3 N–H and O–H groups in total. The molecule has 6 aromatic rings. The van der Waals surface area contributed by atoms with Crippen molar-refractivity contribution in [2.45, 2.75) is 25.7 Å². The zero-order valence-electron chi connectivity index (χ0n) is 20.8. The second-order valence-electron chi connectivity index (χ2n) is 9.78. The maximum absolute atomic E-state index is 4.94. The third-order valence-corrected chi connectivity index (χ3v) is 7.31. The van der Waals surface area contributed by atoms with Gasteiger partial charge in [-0.2, -0.15) is 5.10 Å². The molecule has 1 saturated carbocycles. The fourth-order valence-corrected chi connectivity index (χ4v) is 5.34. The normalized spacial score (nSPS) is 13.9. The summed E-state index contributed by atoms with van der Waals surface area (Å²) in [4.78, 5) is 22.0. The van der Waals surface area contributed by atoms with Crippen molar-refractivity contribution in [2.75, 3.05) is 5.32 Å². The van der Waals surface area contributed by atoms with E-state index in [9.17, 15) is 0 Å². The van der Waals surface area contributed by atoms with Gasteiger partial charge in [-0.1, -0.05) is 37.6 Å². The third kappa shape index (κ3) is 4.00. The highest BCUT2D eigenvalue weighted by Crippen LogP contribution is 2.33. The number of aromatic nitrogens is 7. The van der Waals surface area contributed by atoms with Crippen LogP contribution in [0.4, 0.5) is 5.69 Å². The number of anilines is 1. The van der Waals surface area contributed by atoms with Crippen molar-refractivity contribution in [1.29, 1.82) is 0 Å². The lowest BCUT2D eigenvalue weighted by Gasteiger charge is -2.15. The molecule has 7 rings (SSSR count). The minimum atomic E-state index is 0.531. The summed E-state index contributed by atoms with van der Waals surface area (Å²) in [5, 5.41) is 12.1. The monoisotopic (exact) mass is 498 g/mol. The van der Waals surface area contributed by atoms with Gasteiger partial charge in [-0.15, -0.1) is 0 Å². The average Bonchev–Trinajstić information content (AvgIpc) is 3.73. The highest BCUT2D eigenvalue weighted by atomic mass is 15.1. The molecule has 0 unspecified atom stereocenters. The van der Waals surface area contributed by atoms with E-state index in [1.165, 1.54) is 25.7 Å². The molecule has 8 nitrogen and oxygen atoms in total. The van der Waals surface area contributed by atoms with Gasteiger partial charge in [0, 0.05) is 34.6 Å². The lowest BCUT2D eigenvalue weighted by Crippen LogP contribution is -2.07. The SMILES string of the molecule is C=C(Nc1cncc(-c2cc3c(-c4nc5c(-c6ccccn6)cccc5[nH]4)n[nH]c3cn2)c1)C1CCCC1. The Labute approximate surface area is 219 Å². The predicted octanol–water partition coefficient (Wildman–Crippen LogP) is 6.74. The Hall–Kier alpha value is -4.85. The second kappa shape index (κ2) is 9.23. The number of H-pyrrole nitrogens is 2. The number of benzene rings is 1. The highest BCUT2D eigenvalue weighted by molar-refractivity contribution is 5.97. The van der Waals surface area contributed by atoms with Crippen LogP contribution in [0.25, 0.3) is 56.0 Å². The Bertz CT molecular complexity index is 1780. The number of allylic oxidation sites excluding steroid dienone is 1. The zero-order valence-corrected chi connectivity index (χ0v) is 20.8. The zero-order chi connectivity index (χ0) is 25.5. The van der Waals surface area contributed by atoms with Gasteiger partial charge in [-0.3, -0.25) is 20.1 Å². The molecule has 0 amide bonds. The number of fused-ring (bicyclic) bond motifs is 2. The van der Waals surface area contributed by atoms with Gasteiger partial charge in [-0.25, -0.2) is 4.98 Å². The van der Waals surface area contributed by atoms with E-state index in [2.05, 4.69) is 48.1 Å². The van der Waals surface area contributed by atoms with Gasteiger partial charge >= 0.3 is 0 Å². The van der Waals surface area contributed by atoms with Crippen LogP contribution in [-0.4, -0.2) is 35.1 Å². The molecule has 1 aliphatic rings. The number of para-hydroxylation sites is 1. The molecule has 186 valence electrons. The van der Waals surface area contributed by atoms with Crippen molar-refractivity contribution >= 4 is 27.6 Å². The molecule has 0 bridgehead atoms. The van der Waals surface area contributed by atoms with Crippen molar-refractivity contribution in [3.05, 3.63) is 85.6 Å². The molecular weight excluding hydrogens is 472 g/mol. The number of rotatable bonds is 6. The van der Waals surface area contributed by atoms with Crippen LogP contribution in [-0.2, 0) is 0 Å². The molecule has 1 aliphatic carbocycles. The number of imidazole rings is 1. The van der Waals surface area contributed by atoms with Crippen LogP contribution in [0.1, 0.15) is 25.7 Å². The molecule has 0 aliphatic heterocycles. The van der Waals surface area contributed by atoms with Crippen LogP contribution in [0.15, 0.2) is 85.6 Å². The van der Waals surface area contributed by atoms with Gasteiger partial charge in [-0.05, 0) is 49.1 Å². The van der Waals surface area contributed by atoms with E-state index < -0.39 is 0 Å². The molecule has 1 fully saturated rings. The van der Waals surface area contributed by atoms with E-state index in [1.807, 2.05) is 54.9 Å². The largest absolute Gasteiger partial charge is 0.358 e. The van der Waals surface area contributed by atoms with E-state index in [1.54, 1.807) is 12.4 Å². The number of hydrogen-bond donors (Lipinski definition) is 3. The average molecular weight is 499 g/mol. The molecule has 0 saturated heterocycles.